The van der Waals surface area contributed by atoms with Crippen molar-refractivity contribution in [3.63, 3.8) is 0 Å². The van der Waals surface area contributed by atoms with Gasteiger partial charge in [-0.25, -0.2) is 0 Å². The van der Waals surface area contributed by atoms with Crippen LogP contribution in [0.3, 0.4) is 0 Å². The Balaban J connectivity index is 1.41. The molecule has 0 fully saturated rings. The molecule has 0 radical (unpaired) electrons. The maximum absolute atomic E-state index is 12.7. The second-order valence-corrected chi connectivity index (χ2v) is 7.83. The topological polar surface area (TPSA) is 64.6 Å². The molecular formula is C27H26F3NO4. The van der Waals surface area contributed by atoms with Gasteiger partial charge in [-0.3, -0.25) is 9.59 Å². The number of aryl methyl sites for hydroxylation is 1. The van der Waals surface area contributed by atoms with E-state index < -0.39 is 11.7 Å². The number of esters is 1. The van der Waals surface area contributed by atoms with Gasteiger partial charge in [0.15, 0.2) is 0 Å². The van der Waals surface area contributed by atoms with E-state index in [1.807, 2.05) is 24.3 Å². The Hall–Kier alpha value is -3.81. The van der Waals surface area contributed by atoms with Crippen LogP contribution in [-0.4, -0.2) is 32.1 Å². The fourth-order valence-electron chi connectivity index (χ4n) is 3.37. The average molecular weight is 486 g/mol. The van der Waals surface area contributed by atoms with Gasteiger partial charge in [-0.1, -0.05) is 36.4 Å². The molecule has 0 aliphatic rings. The Kier molecular flexibility index (Phi) is 8.89. The molecular weight excluding hydrogens is 459 g/mol. The van der Waals surface area contributed by atoms with Crippen LogP contribution in [-0.2, 0) is 22.1 Å². The first-order chi connectivity index (χ1) is 16.8. The molecule has 184 valence electrons. The summed E-state index contributed by atoms with van der Waals surface area (Å²) >= 11 is 0. The number of nitrogens with one attached hydrogen (secondary N) is 1. The van der Waals surface area contributed by atoms with E-state index in [4.69, 9.17) is 4.74 Å². The summed E-state index contributed by atoms with van der Waals surface area (Å²) in [5.74, 6) is 0.0566. The summed E-state index contributed by atoms with van der Waals surface area (Å²) < 4.78 is 48.4. The highest BCUT2D eigenvalue weighted by atomic mass is 19.4. The molecule has 0 saturated heterocycles. The van der Waals surface area contributed by atoms with Crippen molar-refractivity contribution in [2.24, 2.45) is 0 Å². The minimum Gasteiger partial charge on any atom is -0.494 e. The molecule has 5 nitrogen and oxygen atoms in total. The maximum Gasteiger partial charge on any atom is 0.416 e. The van der Waals surface area contributed by atoms with Gasteiger partial charge < -0.3 is 14.8 Å². The molecule has 0 aliphatic carbocycles. The Bertz CT molecular complexity index is 1110. The highest BCUT2D eigenvalue weighted by molar-refractivity contribution is 5.94. The zero-order valence-electron chi connectivity index (χ0n) is 19.2. The summed E-state index contributed by atoms with van der Waals surface area (Å²) in [5, 5.41) is 2.67. The molecule has 3 rings (SSSR count). The standard InChI is InChI=1S/C27H26F3NO4/c1-34-25(32)16-17-31-26(33)22-6-4-19(5-7-22)3-2-18-35-24-14-10-21(11-15-24)20-8-12-23(13-9-20)27(28,29)30/h4-15H,2-3,16-18H2,1H3,(H,31,33). The van der Waals surface area contributed by atoms with Crippen molar-refractivity contribution < 1.29 is 32.2 Å². The highest BCUT2D eigenvalue weighted by Crippen LogP contribution is 2.31. The van der Waals surface area contributed by atoms with Crippen LogP contribution in [0.1, 0.15) is 34.3 Å². The van der Waals surface area contributed by atoms with Gasteiger partial charge in [0.2, 0.25) is 0 Å². The number of amides is 1. The van der Waals surface area contributed by atoms with E-state index in [-0.39, 0.29) is 24.8 Å². The second-order valence-electron chi connectivity index (χ2n) is 7.83. The monoisotopic (exact) mass is 485 g/mol. The third kappa shape index (κ3) is 7.88. The molecule has 1 amide bonds. The van der Waals surface area contributed by atoms with Gasteiger partial charge in [0.25, 0.3) is 5.91 Å². The fourth-order valence-corrected chi connectivity index (χ4v) is 3.37. The Morgan fingerprint density at radius 2 is 1.46 bits per heavy atom. The Labute approximate surface area is 201 Å². The van der Waals surface area contributed by atoms with Crippen molar-refractivity contribution in [3.05, 3.63) is 89.5 Å². The van der Waals surface area contributed by atoms with Crippen LogP contribution in [0.15, 0.2) is 72.8 Å². The van der Waals surface area contributed by atoms with Gasteiger partial charge in [0, 0.05) is 12.1 Å². The first-order valence-corrected chi connectivity index (χ1v) is 11.1. The summed E-state index contributed by atoms with van der Waals surface area (Å²) in [4.78, 5) is 23.2. The number of carbonyl (C=O) groups is 2. The van der Waals surface area contributed by atoms with Crippen LogP contribution in [0.4, 0.5) is 13.2 Å². The predicted molar refractivity (Wildman–Crippen MR) is 126 cm³/mol. The smallest absolute Gasteiger partial charge is 0.416 e. The molecule has 0 unspecified atom stereocenters. The molecule has 0 heterocycles. The lowest BCUT2D eigenvalue weighted by atomic mass is 10.0. The zero-order valence-corrected chi connectivity index (χ0v) is 19.2. The van der Waals surface area contributed by atoms with E-state index in [1.54, 1.807) is 24.3 Å². The van der Waals surface area contributed by atoms with Crippen LogP contribution in [0.2, 0.25) is 0 Å². The third-order valence-corrected chi connectivity index (χ3v) is 5.34. The number of hydrogen-bond acceptors (Lipinski definition) is 4. The van der Waals surface area contributed by atoms with E-state index in [9.17, 15) is 22.8 Å². The fraction of sp³-hybridized carbons (Fsp3) is 0.259. The predicted octanol–water partition coefficient (Wildman–Crippen LogP) is 5.68. The number of ether oxygens (including phenoxy) is 2. The normalized spacial score (nSPS) is 11.1. The maximum atomic E-state index is 12.7. The molecule has 1 N–H and O–H groups in total. The van der Waals surface area contributed by atoms with Crippen molar-refractivity contribution >= 4 is 11.9 Å². The van der Waals surface area contributed by atoms with E-state index in [2.05, 4.69) is 10.1 Å². The van der Waals surface area contributed by atoms with Gasteiger partial charge in [-0.05, 0) is 65.9 Å². The lowest BCUT2D eigenvalue weighted by Crippen LogP contribution is -2.26. The summed E-state index contributed by atoms with van der Waals surface area (Å²) in [5.41, 5.74) is 2.42. The van der Waals surface area contributed by atoms with E-state index in [0.717, 1.165) is 36.1 Å². The summed E-state index contributed by atoms with van der Waals surface area (Å²) in [6, 6.07) is 19.5. The molecule has 3 aromatic rings. The van der Waals surface area contributed by atoms with Crippen molar-refractivity contribution in [1.82, 2.24) is 5.32 Å². The van der Waals surface area contributed by atoms with Crippen molar-refractivity contribution in [3.8, 4) is 16.9 Å². The third-order valence-electron chi connectivity index (χ3n) is 5.34. The second kappa shape index (κ2) is 12.1. The lowest BCUT2D eigenvalue weighted by molar-refractivity contribution is -0.140. The number of benzene rings is 3. The summed E-state index contributed by atoms with van der Waals surface area (Å²) in [6.45, 7) is 0.714. The highest BCUT2D eigenvalue weighted by Gasteiger charge is 2.29. The molecule has 0 aromatic heterocycles. The Morgan fingerprint density at radius 3 is 2.03 bits per heavy atom. The van der Waals surface area contributed by atoms with Crippen LogP contribution >= 0.6 is 0 Å². The van der Waals surface area contributed by atoms with Gasteiger partial charge in [-0.15, -0.1) is 0 Å². The molecule has 0 bridgehead atoms. The number of halogens is 3. The molecule has 0 atom stereocenters. The Morgan fingerprint density at radius 1 is 0.857 bits per heavy atom. The number of alkyl halides is 3. The van der Waals surface area contributed by atoms with Crippen molar-refractivity contribution in [2.45, 2.75) is 25.4 Å². The minimum atomic E-state index is -4.35. The number of methoxy groups -OCH3 is 1. The van der Waals surface area contributed by atoms with Gasteiger partial charge in [-0.2, -0.15) is 13.2 Å². The molecule has 0 saturated carbocycles. The molecule has 0 spiro atoms. The van der Waals surface area contributed by atoms with Crippen molar-refractivity contribution in [2.75, 3.05) is 20.3 Å². The van der Waals surface area contributed by atoms with Crippen LogP contribution in [0, 0.1) is 0 Å². The molecule has 8 heteroatoms. The molecule has 3 aromatic carbocycles. The quantitative estimate of drug-likeness (QED) is 0.297. The van der Waals surface area contributed by atoms with Crippen molar-refractivity contribution in [1.29, 1.82) is 0 Å². The minimum absolute atomic E-state index is 0.123. The first kappa shape index (κ1) is 25.8. The van der Waals surface area contributed by atoms with Gasteiger partial charge >= 0.3 is 12.1 Å². The first-order valence-electron chi connectivity index (χ1n) is 11.1. The largest absolute Gasteiger partial charge is 0.494 e. The number of carbonyl (C=O) groups excluding carboxylic acids is 2. The number of rotatable bonds is 10. The SMILES string of the molecule is COC(=O)CCNC(=O)c1ccc(CCCOc2ccc(-c3ccc(C(F)(F)F)cc3)cc2)cc1. The van der Waals surface area contributed by atoms with E-state index in [0.29, 0.717) is 23.5 Å². The van der Waals surface area contributed by atoms with Crippen LogP contribution in [0.25, 0.3) is 11.1 Å². The zero-order chi connectivity index (χ0) is 25.3. The molecule has 0 aliphatic heterocycles. The van der Waals surface area contributed by atoms with Gasteiger partial charge in [0.1, 0.15) is 5.75 Å². The molecule has 35 heavy (non-hydrogen) atoms. The van der Waals surface area contributed by atoms with E-state index in [1.165, 1.54) is 19.2 Å². The summed E-state index contributed by atoms with van der Waals surface area (Å²) in [6.07, 6.45) is -2.68. The van der Waals surface area contributed by atoms with Crippen LogP contribution < -0.4 is 10.1 Å². The number of hydrogen-bond donors (Lipinski definition) is 1. The van der Waals surface area contributed by atoms with Crippen LogP contribution in [0.5, 0.6) is 5.75 Å². The lowest BCUT2D eigenvalue weighted by Gasteiger charge is -2.09. The average Bonchev–Trinajstić information content (AvgIpc) is 2.86. The van der Waals surface area contributed by atoms with Gasteiger partial charge in [0.05, 0.1) is 25.7 Å². The summed E-state index contributed by atoms with van der Waals surface area (Å²) in [7, 11) is 1.30. The van der Waals surface area contributed by atoms with E-state index >= 15 is 0 Å².